The molecule has 4 nitrogen and oxygen atoms in total. The van der Waals surface area contributed by atoms with Gasteiger partial charge in [-0.1, -0.05) is 6.92 Å². The Kier molecular flexibility index (Phi) is 3.86. The highest BCUT2D eigenvalue weighted by molar-refractivity contribution is 7.18. The molecule has 6 heteroatoms. The van der Waals surface area contributed by atoms with E-state index in [-0.39, 0.29) is 5.28 Å². The summed E-state index contributed by atoms with van der Waals surface area (Å²) in [5.74, 6) is 1.05. The molecule has 1 unspecified atom stereocenters. The molecule has 3 rings (SSSR count). The highest BCUT2D eigenvalue weighted by Gasteiger charge is 2.18. The summed E-state index contributed by atoms with van der Waals surface area (Å²) in [7, 11) is 0. The Labute approximate surface area is 120 Å². The van der Waals surface area contributed by atoms with E-state index in [1.165, 1.54) is 4.88 Å². The lowest BCUT2D eigenvalue weighted by atomic mass is 10.1. The van der Waals surface area contributed by atoms with Gasteiger partial charge in [-0.3, -0.25) is 0 Å². The Bertz CT molecular complexity index is 581. The van der Waals surface area contributed by atoms with Crippen molar-refractivity contribution < 1.29 is 9.47 Å². The maximum Gasteiger partial charge on any atom is 0.227 e. The van der Waals surface area contributed by atoms with E-state index in [1.807, 2.05) is 0 Å². The lowest BCUT2D eigenvalue weighted by Gasteiger charge is -2.10. The van der Waals surface area contributed by atoms with E-state index in [1.54, 1.807) is 11.3 Å². The highest BCUT2D eigenvalue weighted by Crippen LogP contribution is 2.32. The minimum Gasteiger partial charge on any atom is -0.477 e. The summed E-state index contributed by atoms with van der Waals surface area (Å²) in [4.78, 5) is 10.6. The Morgan fingerprint density at radius 1 is 1.53 bits per heavy atom. The van der Waals surface area contributed by atoms with Crippen LogP contribution in [-0.4, -0.2) is 29.8 Å². The van der Waals surface area contributed by atoms with Crippen molar-refractivity contribution in [2.45, 2.75) is 19.8 Å². The first-order chi connectivity index (χ1) is 9.26. The van der Waals surface area contributed by atoms with Crippen molar-refractivity contribution in [3.05, 3.63) is 16.2 Å². The van der Waals surface area contributed by atoms with Gasteiger partial charge in [0.2, 0.25) is 11.2 Å². The third kappa shape index (κ3) is 2.83. The van der Waals surface area contributed by atoms with Crippen LogP contribution in [0, 0.1) is 5.92 Å². The molecular weight excluding hydrogens is 284 g/mol. The van der Waals surface area contributed by atoms with Crippen molar-refractivity contribution in [3.8, 4) is 5.88 Å². The summed E-state index contributed by atoms with van der Waals surface area (Å²) in [5.41, 5.74) is 0. The number of hydrogen-bond donors (Lipinski definition) is 0. The quantitative estimate of drug-likeness (QED) is 0.812. The molecule has 0 saturated carbocycles. The summed E-state index contributed by atoms with van der Waals surface area (Å²) in [6, 6.07) is 2.09. The van der Waals surface area contributed by atoms with Crippen LogP contribution in [0.5, 0.6) is 5.88 Å². The average molecular weight is 299 g/mol. The van der Waals surface area contributed by atoms with Crippen LogP contribution < -0.4 is 4.74 Å². The Balaban J connectivity index is 1.85. The summed E-state index contributed by atoms with van der Waals surface area (Å²) >= 11 is 7.59. The maximum atomic E-state index is 5.95. The molecule has 2 aromatic heterocycles. The van der Waals surface area contributed by atoms with E-state index in [0.29, 0.717) is 18.4 Å². The van der Waals surface area contributed by atoms with Crippen molar-refractivity contribution in [3.63, 3.8) is 0 Å². The van der Waals surface area contributed by atoms with Gasteiger partial charge in [-0.25, -0.2) is 4.98 Å². The van der Waals surface area contributed by atoms with Gasteiger partial charge in [0, 0.05) is 17.4 Å². The fraction of sp³-hybridized carbons (Fsp3) is 0.538. The van der Waals surface area contributed by atoms with Crippen molar-refractivity contribution in [2.75, 3.05) is 19.8 Å². The molecule has 0 N–H and O–H groups in total. The number of thiophene rings is 1. The van der Waals surface area contributed by atoms with Gasteiger partial charge < -0.3 is 9.47 Å². The molecule has 1 fully saturated rings. The third-order valence-electron chi connectivity index (χ3n) is 3.21. The number of rotatable bonds is 4. The van der Waals surface area contributed by atoms with Crippen LogP contribution in [0.15, 0.2) is 6.07 Å². The highest BCUT2D eigenvalue weighted by atomic mass is 35.5. The number of halogens is 1. The van der Waals surface area contributed by atoms with E-state index >= 15 is 0 Å². The molecule has 1 atom stereocenters. The zero-order valence-electron chi connectivity index (χ0n) is 10.7. The van der Waals surface area contributed by atoms with Gasteiger partial charge in [0.05, 0.1) is 18.6 Å². The minimum atomic E-state index is 0.245. The maximum absolute atomic E-state index is 5.95. The SMILES string of the molecule is CCc1cc2c(OCC3CCOC3)nc(Cl)nc2s1. The van der Waals surface area contributed by atoms with Gasteiger partial charge in [-0.05, 0) is 30.5 Å². The average Bonchev–Trinajstić information content (AvgIpc) is 3.04. The molecule has 19 heavy (non-hydrogen) atoms. The topological polar surface area (TPSA) is 44.2 Å². The van der Waals surface area contributed by atoms with E-state index in [9.17, 15) is 0 Å². The van der Waals surface area contributed by atoms with Crippen molar-refractivity contribution in [2.24, 2.45) is 5.92 Å². The molecule has 3 heterocycles. The number of nitrogens with zero attached hydrogens (tertiary/aromatic N) is 2. The number of aromatic nitrogens is 2. The predicted molar refractivity (Wildman–Crippen MR) is 76.2 cm³/mol. The Morgan fingerprint density at radius 3 is 3.16 bits per heavy atom. The molecule has 0 amide bonds. The second-order valence-electron chi connectivity index (χ2n) is 4.62. The van der Waals surface area contributed by atoms with Crippen LogP contribution >= 0.6 is 22.9 Å². The second-order valence-corrected chi connectivity index (χ2v) is 6.08. The van der Waals surface area contributed by atoms with E-state index in [2.05, 4.69) is 23.0 Å². The van der Waals surface area contributed by atoms with Crippen LogP contribution in [0.4, 0.5) is 0 Å². The van der Waals surface area contributed by atoms with Gasteiger partial charge in [0.25, 0.3) is 0 Å². The smallest absolute Gasteiger partial charge is 0.227 e. The number of ether oxygens (including phenoxy) is 2. The summed E-state index contributed by atoms with van der Waals surface area (Å²) < 4.78 is 11.2. The lowest BCUT2D eigenvalue weighted by molar-refractivity contribution is 0.166. The van der Waals surface area contributed by atoms with Crippen molar-refractivity contribution in [1.82, 2.24) is 9.97 Å². The van der Waals surface area contributed by atoms with Crippen LogP contribution in [0.2, 0.25) is 5.28 Å². The zero-order chi connectivity index (χ0) is 13.2. The summed E-state index contributed by atoms with van der Waals surface area (Å²) in [5, 5.41) is 1.21. The third-order valence-corrected chi connectivity index (χ3v) is 4.55. The van der Waals surface area contributed by atoms with Gasteiger partial charge in [-0.15, -0.1) is 11.3 Å². The Morgan fingerprint density at radius 2 is 2.42 bits per heavy atom. The van der Waals surface area contributed by atoms with Crippen LogP contribution in [0.1, 0.15) is 18.2 Å². The normalized spacial score (nSPS) is 19.2. The van der Waals surface area contributed by atoms with E-state index in [4.69, 9.17) is 21.1 Å². The summed E-state index contributed by atoms with van der Waals surface area (Å²) in [6.45, 7) is 4.34. The largest absolute Gasteiger partial charge is 0.477 e. The minimum absolute atomic E-state index is 0.245. The molecule has 1 aliphatic rings. The van der Waals surface area contributed by atoms with Crippen LogP contribution in [0.25, 0.3) is 10.2 Å². The monoisotopic (exact) mass is 298 g/mol. The molecule has 0 bridgehead atoms. The fourth-order valence-corrected chi connectivity index (χ4v) is 3.29. The van der Waals surface area contributed by atoms with Gasteiger partial charge in [0.15, 0.2) is 0 Å². The first-order valence-electron chi connectivity index (χ1n) is 6.42. The van der Waals surface area contributed by atoms with Gasteiger partial charge in [-0.2, -0.15) is 4.98 Å². The molecule has 102 valence electrons. The molecular formula is C13H15ClN2O2S. The van der Waals surface area contributed by atoms with Gasteiger partial charge >= 0.3 is 0 Å². The standard InChI is InChI=1S/C13H15ClN2O2S/c1-2-9-5-10-11(15-13(14)16-12(10)19-9)18-7-8-3-4-17-6-8/h5,8H,2-4,6-7H2,1H3. The van der Waals surface area contributed by atoms with E-state index in [0.717, 1.165) is 36.3 Å². The van der Waals surface area contributed by atoms with Crippen LogP contribution in [-0.2, 0) is 11.2 Å². The summed E-state index contributed by atoms with van der Waals surface area (Å²) in [6.07, 6.45) is 2.03. The number of aryl methyl sites for hydroxylation is 1. The molecule has 0 aromatic carbocycles. The molecule has 0 aliphatic carbocycles. The van der Waals surface area contributed by atoms with Gasteiger partial charge in [0.1, 0.15) is 4.83 Å². The zero-order valence-corrected chi connectivity index (χ0v) is 12.3. The van der Waals surface area contributed by atoms with E-state index < -0.39 is 0 Å². The fourth-order valence-electron chi connectivity index (χ4n) is 2.12. The Hall–Kier alpha value is -0.910. The first-order valence-corrected chi connectivity index (χ1v) is 7.62. The predicted octanol–water partition coefficient (Wildman–Crippen LogP) is 3.32. The number of fused-ring (bicyclic) bond motifs is 1. The molecule has 2 aromatic rings. The number of hydrogen-bond acceptors (Lipinski definition) is 5. The molecule has 1 saturated heterocycles. The second kappa shape index (κ2) is 5.61. The molecule has 1 aliphatic heterocycles. The molecule has 0 radical (unpaired) electrons. The van der Waals surface area contributed by atoms with Crippen LogP contribution in [0.3, 0.4) is 0 Å². The van der Waals surface area contributed by atoms with Crippen molar-refractivity contribution >= 4 is 33.2 Å². The lowest BCUT2D eigenvalue weighted by Crippen LogP contribution is -2.12. The molecule has 0 spiro atoms. The van der Waals surface area contributed by atoms with Crippen molar-refractivity contribution in [1.29, 1.82) is 0 Å². The first kappa shape index (κ1) is 13.1.